The van der Waals surface area contributed by atoms with E-state index >= 15 is 0 Å². The van der Waals surface area contributed by atoms with Crippen LogP contribution in [0.25, 0.3) is 0 Å². The molecular formula is C17H15ClFN3O5S. The molecule has 0 aromatic heterocycles. The van der Waals surface area contributed by atoms with Gasteiger partial charge in [0.15, 0.2) is 0 Å². The molecule has 1 amide bonds. The first kappa shape index (κ1) is 20.2. The molecule has 8 nitrogen and oxygen atoms in total. The number of nitrogens with one attached hydrogen (secondary N) is 1. The van der Waals surface area contributed by atoms with Crippen LogP contribution in [0.15, 0.2) is 41.3 Å². The Labute approximate surface area is 165 Å². The highest BCUT2D eigenvalue weighted by Crippen LogP contribution is 2.29. The first-order valence-electron chi connectivity index (χ1n) is 8.25. The number of rotatable bonds is 5. The number of hydrogen-bond donors (Lipinski definition) is 1. The third-order valence-electron chi connectivity index (χ3n) is 4.29. The number of benzene rings is 2. The van der Waals surface area contributed by atoms with Crippen LogP contribution < -0.4 is 5.32 Å². The van der Waals surface area contributed by atoms with Gasteiger partial charge in [0.2, 0.25) is 10.0 Å². The number of halogens is 2. The third kappa shape index (κ3) is 3.98. The average molecular weight is 428 g/mol. The van der Waals surface area contributed by atoms with Gasteiger partial charge in [-0.15, -0.1) is 0 Å². The summed E-state index contributed by atoms with van der Waals surface area (Å²) in [5, 5.41) is 13.0. The van der Waals surface area contributed by atoms with Crippen LogP contribution in [0.3, 0.4) is 0 Å². The Kier molecular flexibility index (Phi) is 5.64. The molecule has 1 fully saturated rings. The average Bonchev–Trinajstić information content (AvgIpc) is 3.19. The summed E-state index contributed by atoms with van der Waals surface area (Å²) < 4.78 is 40.6. The highest BCUT2D eigenvalue weighted by Gasteiger charge is 2.30. The zero-order chi connectivity index (χ0) is 20.5. The van der Waals surface area contributed by atoms with Crippen molar-refractivity contribution in [2.45, 2.75) is 17.7 Å². The molecule has 0 saturated carbocycles. The van der Waals surface area contributed by atoms with Gasteiger partial charge in [-0.05, 0) is 37.1 Å². The van der Waals surface area contributed by atoms with E-state index in [1.165, 1.54) is 16.4 Å². The number of carbonyl (C=O) groups excluding carboxylic acids is 1. The number of sulfonamides is 1. The van der Waals surface area contributed by atoms with Crippen LogP contribution in [0.2, 0.25) is 5.02 Å². The van der Waals surface area contributed by atoms with Gasteiger partial charge < -0.3 is 5.32 Å². The first-order chi connectivity index (χ1) is 13.2. The van der Waals surface area contributed by atoms with Crippen LogP contribution in [0, 0.1) is 15.9 Å². The molecule has 1 saturated heterocycles. The highest BCUT2D eigenvalue weighted by molar-refractivity contribution is 7.89. The zero-order valence-electron chi connectivity index (χ0n) is 14.4. The SMILES string of the molecule is O=C(Nc1cc([N+](=O)[O-])ccc1F)c1ccc(Cl)c(S(=O)(=O)N2CCCC2)c1. The Balaban J connectivity index is 1.91. The molecule has 0 aliphatic carbocycles. The molecule has 2 aromatic rings. The summed E-state index contributed by atoms with van der Waals surface area (Å²) in [6.45, 7) is 0.738. The van der Waals surface area contributed by atoms with Crippen molar-refractivity contribution in [3.63, 3.8) is 0 Å². The quantitative estimate of drug-likeness (QED) is 0.580. The predicted octanol–water partition coefficient (Wildman–Crippen LogP) is 3.42. The summed E-state index contributed by atoms with van der Waals surface area (Å²) >= 11 is 6.03. The second kappa shape index (κ2) is 7.82. The van der Waals surface area contributed by atoms with Crippen molar-refractivity contribution in [2.24, 2.45) is 0 Å². The molecule has 1 aliphatic heterocycles. The minimum absolute atomic E-state index is 0.0371. The van der Waals surface area contributed by atoms with E-state index in [-0.39, 0.29) is 15.5 Å². The molecule has 0 radical (unpaired) electrons. The summed E-state index contributed by atoms with van der Waals surface area (Å²) in [4.78, 5) is 22.3. The normalized spacial score (nSPS) is 14.8. The van der Waals surface area contributed by atoms with Crippen LogP contribution in [0.5, 0.6) is 0 Å². The Morgan fingerprint density at radius 2 is 1.86 bits per heavy atom. The molecule has 1 heterocycles. The van der Waals surface area contributed by atoms with Crippen molar-refractivity contribution in [1.29, 1.82) is 0 Å². The number of nitro benzene ring substituents is 1. The van der Waals surface area contributed by atoms with E-state index in [0.29, 0.717) is 13.1 Å². The van der Waals surface area contributed by atoms with Crippen molar-refractivity contribution in [3.05, 3.63) is 62.9 Å². The lowest BCUT2D eigenvalue weighted by Gasteiger charge is -2.17. The van der Waals surface area contributed by atoms with E-state index in [1.54, 1.807) is 0 Å². The number of anilines is 1. The topological polar surface area (TPSA) is 110 Å². The van der Waals surface area contributed by atoms with E-state index in [4.69, 9.17) is 11.6 Å². The largest absolute Gasteiger partial charge is 0.319 e. The second-order valence-electron chi connectivity index (χ2n) is 6.13. The van der Waals surface area contributed by atoms with E-state index in [0.717, 1.165) is 37.1 Å². The maximum Gasteiger partial charge on any atom is 0.271 e. The van der Waals surface area contributed by atoms with Gasteiger partial charge in [0, 0.05) is 30.8 Å². The summed E-state index contributed by atoms with van der Waals surface area (Å²) in [6, 6.07) is 6.37. The molecular weight excluding hydrogens is 413 g/mol. The molecule has 0 atom stereocenters. The number of hydrogen-bond acceptors (Lipinski definition) is 5. The lowest BCUT2D eigenvalue weighted by molar-refractivity contribution is -0.384. The molecule has 0 spiro atoms. The molecule has 148 valence electrons. The Bertz CT molecular complexity index is 1050. The fourth-order valence-electron chi connectivity index (χ4n) is 2.83. The van der Waals surface area contributed by atoms with Gasteiger partial charge in [0.1, 0.15) is 10.7 Å². The molecule has 11 heteroatoms. The molecule has 0 unspecified atom stereocenters. The van der Waals surface area contributed by atoms with Crippen molar-refractivity contribution in [3.8, 4) is 0 Å². The second-order valence-corrected chi connectivity index (χ2v) is 8.45. The summed E-state index contributed by atoms with van der Waals surface area (Å²) in [7, 11) is -3.87. The molecule has 2 aromatic carbocycles. The van der Waals surface area contributed by atoms with Crippen LogP contribution in [-0.4, -0.2) is 36.6 Å². The lowest BCUT2D eigenvalue weighted by atomic mass is 10.2. The monoisotopic (exact) mass is 427 g/mol. The van der Waals surface area contributed by atoms with Crippen molar-refractivity contribution >= 4 is 38.9 Å². The van der Waals surface area contributed by atoms with Crippen LogP contribution in [-0.2, 0) is 10.0 Å². The van der Waals surface area contributed by atoms with Gasteiger partial charge in [-0.2, -0.15) is 4.31 Å². The molecule has 1 aliphatic rings. The third-order valence-corrected chi connectivity index (χ3v) is 6.67. The van der Waals surface area contributed by atoms with Crippen LogP contribution in [0.4, 0.5) is 15.8 Å². The fourth-order valence-corrected chi connectivity index (χ4v) is 4.84. The maximum absolute atomic E-state index is 13.9. The first-order valence-corrected chi connectivity index (χ1v) is 10.1. The minimum Gasteiger partial charge on any atom is -0.319 e. The predicted molar refractivity (Wildman–Crippen MR) is 100 cm³/mol. The smallest absolute Gasteiger partial charge is 0.271 e. The number of carbonyl (C=O) groups is 1. The van der Waals surface area contributed by atoms with Gasteiger partial charge >= 0.3 is 0 Å². The van der Waals surface area contributed by atoms with E-state index in [9.17, 15) is 27.7 Å². The molecule has 3 rings (SSSR count). The standard InChI is InChI=1S/C17H15ClFN3O5S/c18-13-5-3-11(9-16(13)28(26,27)21-7-1-2-8-21)17(23)20-15-10-12(22(24)25)4-6-14(15)19/h3-6,9-10H,1-2,7-8H2,(H,20,23). The van der Waals surface area contributed by atoms with Crippen molar-refractivity contribution in [2.75, 3.05) is 18.4 Å². The molecule has 28 heavy (non-hydrogen) atoms. The number of non-ortho nitro benzene ring substituents is 1. The summed E-state index contributed by atoms with van der Waals surface area (Å²) in [5.74, 6) is -1.69. The zero-order valence-corrected chi connectivity index (χ0v) is 16.0. The van der Waals surface area contributed by atoms with Crippen molar-refractivity contribution < 1.29 is 22.5 Å². The van der Waals surface area contributed by atoms with Gasteiger partial charge in [0.05, 0.1) is 15.6 Å². The minimum atomic E-state index is -3.87. The van der Waals surface area contributed by atoms with E-state index < -0.39 is 38.0 Å². The highest BCUT2D eigenvalue weighted by atomic mass is 35.5. The lowest BCUT2D eigenvalue weighted by Crippen LogP contribution is -2.28. The van der Waals surface area contributed by atoms with Gasteiger partial charge in [0.25, 0.3) is 11.6 Å². The Morgan fingerprint density at radius 1 is 1.18 bits per heavy atom. The van der Waals surface area contributed by atoms with E-state index in [2.05, 4.69) is 5.32 Å². The summed E-state index contributed by atoms with van der Waals surface area (Å²) in [6.07, 6.45) is 1.48. The summed E-state index contributed by atoms with van der Waals surface area (Å²) in [5.41, 5.74) is -0.865. The van der Waals surface area contributed by atoms with Gasteiger partial charge in [-0.25, -0.2) is 12.8 Å². The van der Waals surface area contributed by atoms with Crippen LogP contribution >= 0.6 is 11.6 Å². The van der Waals surface area contributed by atoms with Gasteiger partial charge in [-0.3, -0.25) is 14.9 Å². The molecule has 0 bridgehead atoms. The molecule has 1 N–H and O–H groups in total. The number of nitrogens with zero attached hydrogens (tertiary/aromatic N) is 2. The fraction of sp³-hybridized carbons (Fsp3) is 0.235. The van der Waals surface area contributed by atoms with Gasteiger partial charge in [-0.1, -0.05) is 11.6 Å². The number of amides is 1. The maximum atomic E-state index is 13.9. The Morgan fingerprint density at radius 3 is 2.50 bits per heavy atom. The Hall–Kier alpha value is -2.56. The van der Waals surface area contributed by atoms with Crippen molar-refractivity contribution in [1.82, 2.24) is 4.31 Å². The van der Waals surface area contributed by atoms with Crippen LogP contribution in [0.1, 0.15) is 23.2 Å². The van der Waals surface area contributed by atoms with E-state index in [1.807, 2.05) is 0 Å². The number of nitro groups is 1.